The van der Waals surface area contributed by atoms with E-state index in [9.17, 15) is 14.4 Å². The number of thioether (sulfide) groups is 1. The van der Waals surface area contributed by atoms with Gasteiger partial charge in [0.2, 0.25) is 5.91 Å². The van der Waals surface area contributed by atoms with Crippen LogP contribution in [0.3, 0.4) is 0 Å². The molecule has 2 N–H and O–H groups in total. The van der Waals surface area contributed by atoms with Crippen LogP contribution in [0.15, 0.2) is 65.6 Å². The first-order valence-corrected chi connectivity index (χ1v) is 11.8. The number of amides is 2. The molecule has 0 aromatic heterocycles. The average molecular weight is 488 g/mol. The molecule has 3 aromatic rings. The predicted molar refractivity (Wildman–Crippen MR) is 137 cm³/mol. The van der Waals surface area contributed by atoms with Crippen LogP contribution in [0.1, 0.15) is 32.6 Å². The Morgan fingerprint density at radius 2 is 1.63 bits per heavy atom. The molecule has 3 aromatic carbocycles. The van der Waals surface area contributed by atoms with Gasteiger partial charge in [0.1, 0.15) is 0 Å². The lowest BCUT2D eigenvalue weighted by Crippen LogP contribution is -2.22. The second-order valence-corrected chi connectivity index (χ2v) is 8.94. The van der Waals surface area contributed by atoms with Crippen molar-refractivity contribution in [1.29, 1.82) is 5.26 Å². The highest BCUT2D eigenvalue weighted by atomic mass is 32.2. The molecule has 7 nitrogen and oxygen atoms in total. The molecule has 3 rings (SSSR count). The van der Waals surface area contributed by atoms with E-state index in [1.807, 2.05) is 39.0 Å². The SMILES string of the molecule is Cc1cc(C)c(NC(=O)COC(=O)c2ccccc2SCC(=O)Nc2cccc(C#N)c2)c(C)c1. The number of carbonyl (C=O) groups is 3. The molecule has 0 unspecified atom stereocenters. The van der Waals surface area contributed by atoms with Gasteiger partial charge in [0.05, 0.1) is 22.9 Å². The number of nitriles is 1. The molecule has 0 saturated heterocycles. The number of benzene rings is 3. The van der Waals surface area contributed by atoms with Gasteiger partial charge in [-0.3, -0.25) is 9.59 Å². The van der Waals surface area contributed by atoms with Gasteiger partial charge in [0.15, 0.2) is 6.61 Å². The Labute approximate surface area is 208 Å². The summed E-state index contributed by atoms with van der Waals surface area (Å²) in [6.45, 7) is 5.37. The van der Waals surface area contributed by atoms with Gasteiger partial charge in [-0.1, -0.05) is 35.9 Å². The molecule has 2 amide bonds. The Bertz CT molecular complexity index is 1290. The Kier molecular flexibility index (Phi) is 8.65. The molecule has 0 saturated carbocycles. The summed E-state index contributed by atoms with van der Waals surface area (Å²) in [6.07, 6.45) is 0. The second kappa shape index (κ2) is 11.9. The van der Waals surface area contributed by atoms with Crippen molar-refractivity contribution in [1.82, 2.24) is 0 Å². The average Bonchev–Trinajstić information content (AvgIpc) is 2.83. The minimum Gasteiger partial charge on any atom is -0.452 e. The summed E-state index contributed by atoms with van der Waals surface area (Å²) >= 11 is 1.18. The first kappa shape index (κ1) is 25.5. The zero-order chi connectivity index (χ0) is 25.4. The van der Waals surface area contributed by atoms with Crippen LogP contribution in [0.2, 0.25) is 0 Å². The molecule has 0 bridgehead atoms. The monoisotopic (exact) mass is 487 g/mol. The molecule has 0 fully saturated rings. The molecular weight excluding hydrogens is 462 g/mol. The topological polar surface area (TPSA) is 108 Å². The fourth-order valence-corrected chi connectivity index (χ4v) is 4.37. The number of esters is 1. The number of anilines is 2. The van der Waals surface area contributed by atoms with Crippen LogP contribution in [0.5, 0.6) is 0 Å². The van der Waals surface area contributed by atoms with Gasteiger partial charge in [0, 0.05) is 16.3 Å². The summed E-state index contributed by atoms with van der Waals surface area (Å²) in [5, 5.41) is 14.5. The van der Waals surface area contributed by atoms with Crippen LogP contribution < -0.4 is 10.6 Å². The normalized spacial score (nSPS) is 10.2. The van der Waals surface area contributed by atoms with Crippen molar-refractivity contribution in [2.45, 2.75) is 25.7 Å². The molecule has 8 heteroatoms. The van der Waals surface area contributed by atoms with Crippen LogP contribution in [0.25, 0.3) is 0 Å². The summed E-state index contributed by atoms with van der Waals surface area (Å²) in [5.41, 5.74) is 4.91. The number of hydrogen-bond acceptors (Lipinski definition) is 6. The molecule has 0 aliphatic rings. The molecule has 178 valence electrons. The van der Waals surface area contributed by atoms with E-state index in [0.717, 1.165) is 16.7 Å². The standard InChI is InChI=1S/C27H25N3O4S/c1-17-11-18(2)26(19(3)12-17)30-24(31)15-34-27(33)22-9-4-5-10-23(22)35-16-25(32)29-21-8-6-7-20(13-21)14-28/h4-13H,15-16H2,1-3H3,(H,29,32)(H,30,31). The quantitative estimate of drug-likeness (QED) is 0.342. The number of hydrogen-bond donors (Lipinski definition) is 2. The lowest BCUT2D eigenvalue weighted by molar-refractivity contribution is -0.119. The molecule has 0 radical (unpaired) electrons. The highest BCUT2D eigenvalue weighted by molar-refractivity contribution is 8.00. The van der Waals surface area contributed by atoms with Crippen LogP contribution in [-0.2, 0) is 14.3 Å². The van der Waals surface area contributed by atoms with Gasteiger partial charge in [-0.25, -0.2) is 4.79 Å². The van der Waals surface area contributed by atoms with Crippen molar-refractivity contribution >= 4 is 40.9 Å². The highest BCUT2D eigenvalue weighted by Crippen LogP contribution is 2.24. The van der Waals surface area contributed by atoms with Gasteiger partial charge < -0.3 is 15.4 Å². The summed E-state index contributed by atoms with van der Waals surface area (Å²) in [7, 11) is 0. The lowest BCUT2D eigenvalue weighted by atomic mass is 10.1. The molecule has 35 heavy (non-hydrogen) atoms. The van der Waals surface area contributed by atoms with E-state index in [1.165, 1.54) is 11.8 Å². The summed E-state index contributed by atoms with van der Waals surface area (Å²) in [4.78, 5) is 38.0. The van der Waals surface area contributed by atoms with Gasteiger partial charge in [0.25, 0.3) is 5.91 Å². The van der Waals surface area contributed by atoms with E-state index in [1.54, 1.807) is 48.5 Å². The molecule has 0 spiro atoms. The third kappa shape index (κ3) is 7.19. The van der Waals surface area contributed by atoms with Crippen molar-refractivity contribution < 1.29 is 19.1 Å². The number of rotatable bonds is 8. The van der Waals surface area contributed by atoms with E-state index in [2.05, 4.69) is 10.6 Å². The van der Waals surface area contributed by atoms with E-state index in [4.69, 9.17) is 10.00 Å². The molecule has 0 aliphatic carbocycles. The first-order valence-electron chi connectivity index (χ1n) is 10.8. The van der Waals surface area contributed by atoms with Crippen molar-refractivity contribution in [3.63, 3.8) is 0 Å². The zero-order valence-electron chi connectivity index (χ0n) is 19.7. The van der Waals surface area contributed by atoms with Gasteiger partial charge in [-0.15, -0.1) is 11.8 Å². The fraction of sp³-hybridized carbons (Fsp3) is 0.185. The third-order valence-electron chi connectivity index (χ3n) is 5.02. The van der Waals surface area contributed by atoms with Crippen molar-refractivity contribution in [2.75, 3.05) is 23.0 Å². The van der Waals surface area contributed by atoms with E-state index in [0.29, 0.717) is 21.8 Å². The molecular formula is C27H25N3O4S. The lowest BCUT2D eigenvalue weighted by Gasteiger charge is -2.13. The number of aryl methyl sites for hydroxylation is 3. The van der Waals surface area contributed by atoms with Crippen LogP contribution in [0.4, 0.5) is 11.4 Å². The van der Waals surface area contributed by atoms with E-state index < -0.39 is 18.5 Å². The molecule has 0 heterocycles. The van der Waals surface area contributed by atoms with Crippen molar-refractivity contribution in [3.8, 4) is 6.07 Å². The third-order valence-corrected chi connectivity index (χ3v) is 6.09. The summed E-state index contributed by atoms with van der Waals surface area (Å²) < 4.78 is 5.24. The Balaban J connectivity index is 1.57. The van der Waals surface area contributed by atoms with Crippen LogP contribution in [-0.4, -0.2) is 30.1 Å². The summed E-state index contributed by atoms with van der Waals surface area (Å²) in [5.74, 6) is -1.32. The van der Waals surface area contributed by atoms with Gasteiger partial charge in [-0.2, -0.15) is 5.26 Å². The number of ether oxygens (including phenoxy) is 1. The largest absolute Gasteiger partial charge is 0.452 e. The van der Waals surface area contributed by atoms with Crippen molar-refractivity contribution in [2.24, 2.45) is 0 Å². The zero-order valence-corrected chi connectivity index (χ0v) is 20.5. The Morgan fingerprint density at radius 3 is 2.34 bits per heavy atom. The van der Waals surface area contributed by atoms with E-state index in [-0.39, 0.29) is 17.2 Å². The van der Waals surface area contributed by atoms with Gasteiger partial charge in [-0.05, 0) is 62.2 Å². The Morgan fingerprint density at radius 1 is 0.914 bits per heavy atom. The van der Waals surface area contributed by atoms with E-state index >= 15 is 0 Å². The van der Waals surface area contributed by atoms with Gasteiger partial charge >= 0.3 is 5.97 Å². The number of carbonyl (C=O) groups excluding carboxylic acids is 3. The molecule has 0 atom stereocenters. The fourth-order valence-electron chi connectivity index (χ4n) is 3.53. The second-order valence-electron chi connectivity index (χ2n) is 7.92. The van der Waals surface area contributed by atoms with Crippen molar-refractivity contribution in [3.05, 3.63) is 88.5 Å². The van der Waals surface area contributed by atoms with Crippen LogP contribution in [0, 0.1) is 32.1 Å². The Hall–Kier alpha value is -4.09. The molecule has 0 aliphatic heterocycles. The maximum absolute atomic E-state index is 12.7. The number of nitrogens with one attached hydrogen (secondary N) is 2. The minimum absolute atomic E-state index is 0.0491. The smallest absolute Gasteiger partial charge is 0.339 e. The maximum atomic E-state index is 12.7. The predicted octanol–water partition coefficient (Wildman–Crippen LogP) is 5.01. The summed E-state index contributed by atoms with van der Waals surface area (Å²) in [6, 6.07) is 19.3. The first-order chi connectivity index (χ1) is 16.8. The number of nitrogens with zero attached hydrogens (tertiary/aromatic N) is 1. The maximum Gasteiger partial charge on any atom is 0.339 e. The van der Waals surface area contributed by atoms with Crippen LogP contribution >= 0.6 is 11.8 Å². The highest BCUT2D eigenvalue weighted by Gasteiger charge is 2.16. The minimum atomic E-state index is -0.650.